The summed E-state index contributed by atoms with van der Waals surface area (Å²) in [6.45, 7) is 0.652. The highest BCUT2D eigenvalue weighted by atomic mass is 16.5. The van der Waals surface area contributed by atoms with E-state index in [0.717, 1.165) is 37.2 Å². The number of aromatic nitrogens is 1. The van der Waals surface area contributed by atoms with E-state index in [1.807, 2.05) is 12.1 Å². The number of nitrogens with zero attached hydrogens (tertiary/aromatic N) is 1. The maximum Gasteiger partial charge on any atom is 0.335 e. The summed E-state index contributed by atoms with van der Waals surface area (Å²) in [6.07, 6.45) is 14.2. The van der Waals surface area contributed by atoms with Crippen LogP contribution >= 0.6 is 0 Å². The van der Waals surface area contributed by atoms with E-state index in [1.165, 1.54) is 44.8 Å². The summed E-state index contributed by atoms with van der Waals surface area (Å²) in [6, 6.07) is 7.13. The molecule has 1 aromatic carbocycles. The predicted molar refractivity (Wildman–Crippen MR) is 130 cm³/mol. The van der Waals surface area contributed by atoms with Crippen molar-refractivity contribution in [2.45, 2.75) is 88.8 Å². The van der Waals surface area contributed by atoms with Gasteiger partial charge in [-0.2, -0.15) is 0 Å². The highest BCUT2D eigenvalue weighted by molar-refractivity contribution is 5.92. The Morgan fingerprint density at radius 2 is 1.83 bits per heavy atom. The van der Waals surface area contributed by atoms with E-state index < -0.39 is 5.97 Å². The first kappa shape index (κ1) is 24.0. The summed E-state index contributed by atoms with van der Waals surface area (Å²) < 4.78 is 12.0. The summed E-state index contributed by atoms with van der Waals surface area (Å²) in [5.41, 5.74) is 1.42. The lowest BCUT2D eigenvalue weighted by Crippen LogP contribution is -2.28. The van der Waals surface area contributed by atoms with Gasteiger partial charge in [-0.3, -0.25) is 4.79 Å². The standard InChI is InChI=1S/C28H36N2O5/c31-26(29-15-7-6-10-18-8-2-1-3-9-18)22-17-34-27(30-22)25-21(23-13-14-24(25)35-23)16-19-11-4-5-12-20(19)28(32)33/h4-5,11-12,17-18,21,23-25H,1-3,6-10,13-16H2,(H,29,31)(H,32,33). The molecule has 2 N–H and O–H groups in total. The molecule has 5 rings (SSSR count). The van der Waals surface area contributed by atoms with E-state index in [1.54, 1.807) is 12.1 Å². The molecule has 1 saturated carbocycles. The van der Waals surface area contributed by atoms with Crippen molar-refractivity contribution in [1.29, 1.82) is 0 Å². The van der Waals surface area contributed by atoms with E-state index in [2.05, 4.69) is 10.3 Å². The first-order chi connectivity index (χ1) is 17.1. The maximum absolute atomic E-state index is 12.7. The van der Waals surface area contributed by atoms with Crippen LogP contribution in [0, 0.1) is 11.8 Å². The van der Waals surface area contributed by atoms with Crippen LogP contribution < -0.4 is 5.32 Å². The molecule has 2 bridgehead atoms. The molecule has 0 radical (unpaired) electrons. The number of carbonyl (C=O) groups is 2. The molecule has 3 aliphatic rings. The van der Waals surface area contributed by atoms with Gasteiger partial charge in [0.1, 0.15) is 6.26 Å². The Labute approximate surface area is 206 Å². The average molecular weight is 481 g/mol. The average Bonchev–Trinajstić information content (AvgIpc) is 3.61. The number of aromatic carboxylic acids is 1. The normalized spacial score (nSPS) is 26.2. The van der Waals surface area contributed by atoms with Crippen LogP contribution in [0.4, 0.5) is 0 Å². The summed E-state index contributed by atoms with van der Waals surface area (Å²) in [4.78, 5) is 28.9. The zero-order chi connectivity index (χ0) is 24.2. The maximum atomic E-state index is 12.7. The van der Waals surface area contributed by atoms with Crippen molar-refractivity contribution in [3.8, 4) is 0 Å². The third kappa shape index (κ3) is 5.45. The summed E-state index contributed by atoms with van der Waals surface area (Å²) in [5, 5.41) is 12.6. The largest absolute Gasteiger partial charge is 0.478 e. The minimum atomic E-state index is -0.921. The van der Waals surface area contributed by atoms with Crippen molar-refractivity contribution in [1.82, 2.24) is 10.3 Å². The number of carbonyl (C=O) groups excluding carboxylic acids is 1. The SMILES string of the molecule is O=C(NCCCCC1CCCCC1)c1coc(C2C3CCC(O3)C2Cc2ccccc2C(=O)O)n1. The van der Waals surface area contributed by atoms with Crippen LogP contribution in [0.5, 0.6) is 0 Å². The molecular formula is C28H36N2O5. The van der Waals surface area contributed by atoms with Crippen LogP contribution in [0.1, 0.15) is 102 Å². The molecule has 4 unspecified atom stereocenters. The molecular weight excluding hydrogens is 444 g/mol. The van der Waals surface area contributed by atoms with E-state index >= 15 is 0 Å². The first-order valence-electron chi connectivity index (χ1n) is 13.3. The molecule has 7 heteroatoms. The van der Waals surface area contributed by atoms with Gasteiger partial charge in [-0.15, -0.1) is 0 Å². The van der Waals surface area contributed by atoms with Gasteiger partial charge in [0.25, 0.3) is 5.91 Å². The lowest BCUT2D eigenvalue weighted by Gasteiger charge is -2.26. The number of amides is 1. The summed E-state index contributed by atoms with van der Waals surface area (Å²) in [5.74, 6) is 0.273. The van der Waals surface area contributed by atoms with Crippen LogP contribution in [0.25, 0.3) is 0 Å². The van der Waals surface area contributed by atoms with Crippen LogP contribution in [0.3, 0.4) is 0 Å². The van der Waals surface area contributed by atoms with Crippen LogP contribution in [0.2, 0.25) is 0 Å². The zero-order valence-electron chi connectivity index (χ0n) is 20.3. The van der Waals surface area contributed by atoms with E-state index in [0.29, 0.717) is 30.1 Å². The van der Waals surface area contributed by atoms with Crippen molar-refractivity contribution in [2.75, 3.05) is 6.54 Å². The van der Waals surface area contributed by atoms with Crippen molar-refractivity contribution in [3.05, 3.63) is 53.2 Å². The van der Waals surface area contributed by atoms with Gasteiger partial charge in [-0.05, 0) is 43.2 Å². The second kappa shape index (κ2) is 10.9. The van der Waals surface area contributed by atoms with Gasteiger partial charge in [-0.25, -0.2) is 9.78 Å². The third-order valence-electron chi connectivity index (χ3n) is 8.22. The molecule has 2 aromatic rings. The van der Waals surface area contributed by atoms with Crippen LogP contribution in [0.15, 0.2) is 34.9 Å². The van der Waals surface area contributed by atoms with E-state index in [4.69, 9.17) is 9.15 Å². The molecule has 2 saturated heterocycles. The second-order valence-corrected chi connectivity index (χ2v) is 10.5. The number of rotatable bonds is 10. The lowest BCUT2D eigenvalue weighted by molar-refractivity contribution is 0.0693. The summed E-state index contributed by atoms with van der Waals surface area (Å²) >= 11 is 0. The fraction of sp³-hybridized carbons (Fsp3) is 0.607. The van der Waals surface area contributed by atoms with Crippen molar-refractivity contribution in [2.24, 2.45) is 11.8 Å². The minimum Gasteiger partial charge on any atom is -0.478 e. The predicted octanol–water partition coefficient (Wildman–Crippen LogP) is 5.36. The number of nitrogens with one attached hydrogen (secondary N) is 1. The number of hydrogen-bond acceptors (Lipinski definition) is 5. The first-order valence-corrected chi connectivity index (χ1v) is 13.3. The fourth-order valence-corrected chi connectivity index (χ4v) is 6.41. The Kier molecular flexibility index (Phi) is 7.51. The minimum absolute atomic E-state index is 0.00339. The number of ether oxygens (including phenoxy) is 1. The van der Waals surface area contributed by atoms with Gasteiger partial charge >= 0.3 is 5.97 Å². The Hall–Kier alpha value is -2.67. The Morgan fingerprint density at radius 1 is 1.03 bits per heavy atom. The second-order valence-electron chi connectivity index (χ2n) is 10.5. The molecule has 4 atom stereocenters. The molecule has 1 aliphatic carbocycles. The Bertz CT molecular complexity index is 1030. The molecule has 0 spiro atoms. The van der Waals surface area contributed by atoms with Crippen molar-refractivity contribution < 1.29 is 23.8 Å². The van der Waals surface area contributed by atoms with Gasteiger partial charge in [0.05, 0.1) is 23.7 Å². The number of carboxylic acids is 1. The molecule has 1 aromatic heterocycles. The van der Waals surface area contributed by atoms with E-state index in [9.17, 15) is 14.7 Å². The molecule has 7 nitrogen and oxygen atoms in total. The molecule has 1 amide bonds. The highest BCUT2D eigenvalue weighted by Gasteiger charge is 2.51. The Balaban J connectivity index is 1.18. The van der Waals surface area contributed by atoms with Gasteiger partial charge in [-0.1, -0.05) is 63.1 Å². The highest BCUT2D eigenvalue weighted by Crippen LogP contribution is 2.49. The van der Waals surface area contributed by atoms with Crippen LogP contribution in [-0.2, 0) is 11.2 Å². The van der Waals surface area contributed by atoms with Gasteiger partial charge in [0, 0.05) is 12.5 Å². The zero-order valence-corrected chi connectivity index (χ0v) is 20.3. The lowest BCUT2D eigenvalue weighted by atomic mass is 9.75. The van der Waals surface area contributed by atoms with Crippen LogP contribution in [-0.4, -0.2) is 40.7 Å². The van der Waals surface area contributed by atoms with Gasteiger partial charge < -0.3 is 19.6 Å². The topological polar surface area (TPSA) is 102 Å². The number of unbranched alkanes of at least 4 members (excludes halogenated alkanes) is 1. The number of carboxylic acid groups (broad SMARTS) is 1. The number of oxazole rings is 1. The molecule has 3 heterocycles. The third-order valence-corrected chi connectivity index (χ3v) is 8.22. The fourth-order valence-electron chi connectivity index (χ4n) is 6.41. The number of fused-ring (bicyclic) bond motifs is 2. The number of hydrogen-bond donors (Lipinski definition) is 2. The summed E-state index contributed by atoms with van der Waals surface area (Å²) in [7, 11) is 0. The number of benzene rings is 1. The Morgan fingerprint density at radius 3 is 2.66 bits per heavy atom. The quantitative estimate of drug-likeness (QED) is 0.444. The van der Waals surface area contributed by atoms with Gasteiger partial charge in [0.2, 0.25) is 5.89 Å². The van der Waals surface area contributed by atoms with Gasteiger partial charge in [0.15, 0.2) is 5.69 Å². The monoisotopic (exact) mass is 480 g/mol. The van der Waals surface area contributed by atoms with Crippen molar-refractivity contribution in [3.63, 3.8) is 0 Å². The molecule has 188 valence electrons. The smallest absolute Gasteiger partial charge is 0.335 e. The van der Waals surface area contributed by atoms with Crippen molar-refractivity contribution >= 4 is 11.9 Å². The molecule has 2 aliphatic heterocycles. The molecule has 35 heavy (non-hydrogen) atoms. The van der Waals surface area contributed by atoms with E-state index in [-0.39, 0.29) is 30.0 Å². The molecule has 3 fully saturated rings.